The highest BCUT2D eigenvalue weighted by Gasteiger charge is 2.26. The van der Waals surface area contributed by atoms with Gasteiger partial charge < -0.3 is 4.98 Å². The fourth-order valence-corrected chi connectivity index (χ4v) is 2.67. The van der Waals surface area contributed by atoms with Crippen molar-refractivity contribution >= 4 is 15.9 Å². The van der Waals surface area contributed by atoms with E-state index in [-0.39, 0.29) is 5.56 Å². The largest absolute Gasteiger partial charge is 0.310 e. The molecule has 1 aromatic rings. The lowest BCUT2D eigenvalue weighted by atomic mass is 9.97. The molecule has 0 spiro atoms. The highest BCUT2D eigenvalue weighted by atomic mass is 79.9. The van der Waals surface area contributed by atoms with Crippen LogP contribution in [0.3, 0.4) is 0 Å². The smallest absolute Gasteiger partial charge is 0.254 e. The first kappa shape index (κ1) is 10.9. The summed E-state index contributed by atoms with van der Waals surface area (Å²) in [6.45, 7) is 2.23. The van der Waals surface area contributed by atoms with Crippen LogP contribution in [0.4, 0.5) is 0 Å². The van der Waals surface area contributed by atoms with Gasteiger partial charge >= 0.3 is 0 Å². The van der Waals surface area contributed by atoms with Gasteiger partial charge in [0.15, 0.2) is 0 Å². The fraction of sp³-hybridized carbons (Fsp3) is 0.636. The van der Waals surface area contributed by atoms with Gasteiger partial charge in [-0.3, -0.25) is 4.79 Å². The van der Waals surface area contributed by atoms with Crippen molar-refractivity contribution in [3.05, 3.63) is 27.9 Å². The standard InChI is InChI=1S/C11H15BrN2O/c1-7-3-2-4-9(7)10-13-6-8(5-12)11(15)14-10/h6-7,9H,2-5H2,1H3,(H,13,14,15). The lowest BCUT2D eigenvalue weighted by Crippen LogP contribution is -2.18. The van der Waals surface area contributed by atoms with Crippen molar-refractivity contribution in [1.82, 2.24) is 9.97 Å². The maximum atomic E-state index is 11.6. The first-order chi connectivity index (χ1) is 7.22. The van der Waals surface area contributed by atoms with Gasteiger partial charge in [0.2, 0.25) is 0 Å². The third kappa shape index (κ3) is 2.14. The Morgan fingerprint density at radius 2 is 2.40 bits per heavy atom. The van der Waals surface area contributed by atoms with E-state index in [0.717, 1.165) is 12.2 Å². The van der Waals surface area contributed by atoms with Crippen LogP contribution in [-0.4, -0.2) is 9.97 Å². The van der Waals surface area contributed by atoms with Gasteiger partial charge in [0, 0.05) is 23.0 Å². The van der Waals surface area contributed by atoms with Crippen molar-refractivity contribution in [1.29, 1.82) is 0 Å². The zero-order valence-corrected chi connectivity index (χ0v) is 10.4. The summed E-state index contributed by atoms with van der Waals surface area (Å²) in [5.41, 5.74) is 0.695. The molecule has 2 unspecified atom stereocenters. The Labute approximate surface area is 97.4 Å². The van der Waals surface area contributed by atoms with Crippen molar-refractivity contribution in [2.45, 2.75) is 37.4 Å². The van der Waals surface area contributed by atoms with Crippen LogP contribution in [0.1, 0.15) is 43.5 Å². The molecule has 82 valence electrons. The molecule has 2 rings (SSSR count). The molecular weight excluding hydrogens is 256 g/mol. The summed E-state index contributed by atoms with van der Waals surface area (Å²) in [5.74, 6) is 1.96. The molecule has 0 amide bonds. The molecule has 4 heteroatoms. The molecule has 0 aliphatic heterocycles. The second-order valence-electron chi connectivity index (χ2n) is 4.27. The van der Waals surface area contributed by atoms with Crippen LogP contribution in [-0.2, 0) is 5.33 Å². The minimum atomic E-state index is -0.00373. The van der Waals surface area contributed by atoms with E-state index in [1.54, 1.807) is 6.20 Å². The Morgan fingerprint density at radius 3 is 2.93 bits per heavy atom. The summed E-state index contributed by atoms with van der Waals surface area (Å²) >= 11 is 3.27. The average Bonchev–Trinajstić information content (AvgIpc) is 2.64. The van der Waals surface area contributed by atoms with Crippen molar-refractivity contribution < 1.29 is 0 Å². The van der Waals surface area contributed by atoms with Crippen LogP contribution in [0, 0.1) is 5.92 Å². The average molecular weight is 271 g/mol. The van der Waals surface area contributed by atoms with Gasteiger partial charge in [-0.2, -0.15) is 0 Å². The lowest BCUT2D eigenvalue weighted by molar-refractivity contribution is 0.507. The van der Waals surface area contributed by atoms with E-state index < -0.39 is 0 Å². The van der Waals surface area contributed by atoms with E-state index in [2.05, 4.69) is 32.8 Å². The summed E-state index contributed by atoms with van der Waals surface area (Å²) < 4.78 is 0. The van der Waals surface area contributed by atoms with Crippen LogP contribution >= 0.6 is 15.9 Å². The first-order valence-electron chi connectivity index (χ1n) is 5.36. The van der Waals surface area contributed by atoms with E-state index in [1.165, 1.54) is 12.8 Å². The van der Waals surface area contributed by atoms with Gasteiger partial charge in [-0.1, -0.05) is 29.3 Å². The zero-order chi connectivity index (χ0) is 10.8. The van der Waals surface area contributed by atoms with E-state index in [4.69, 9.17) is 0 Å². The molecule has 1 aliphatic rings. The third-order valence-electron chi connectivity index (χ3n) is 3.25. The number of alkyl halides is 1. The maximum Gasteiger partial charge on any atom is 0.254 e. The van der Waals surface area contributed by atoms with Gasteiger partial charge in [-0.05, 0) is 18.8 Å². The minimum Gasteiger partial charge on any atom is -0.310 e. The molecule has 2 atom stereocenters. The van der Waals surface area contributed by atoms with Crippen LogP contribution in [0.2, 0.25) is 0 Å². The number of halogens is 1. The topological polar surface area (TPSA) is 45.8 Å². The number of nitrogens with zero attached hydrogens (tertiary/aromatic N) is 1. The number of hydrogen-bond donors (Lipinski definition) is 1. The van der Waals surface area contributed by atoms with Gasteiger partial charge in [-0.25, -0.2) is 4.98 Å². The van der Waals surface area contributed by atoms with E-state index in [9.17, 15) is 4.79 Å². The molecule has 1 saturated carbocycles. The monoisotopic (exact) mass is 270 g/mol. The van der Waals surface area contributed by atoms with Crippen molar-refractivity contribution in [3.8, 4) is 0 Å². The summed E-state index contributed by atoms with van der Waals surface area (Å²) in [6, 6.07) is 0. The SMILES string of the molecule is CC1CCCC1c1ncc(CBr)c(=O)[nH]1. The number of hydrogen-bond acceptors (Lipinski definition) is 2. The maximum absolute atomic E-state index is 11.6. The Morgan fingerprint density at radius 1 is 1.60 bits per heavy atom. The molecule has 1 fully saturated rings. The molecule has 0 radical (unpaired) electrons. The number of aromatic nitrogens is 2. The summed E-state index contributed by atoms with van der Waals surface area (Å²) in [7, 11) is 0. The van der Waals surface area contributed by atoms with Crippen LogP contribution < -0.4 is 5.56 Å². The van der Waals surface area contributed by atoms with Crippen LogP contribution in [0.15, 0.2) is 11.0 Å². The molecule has 1 heterocycles. The Hall–Kier alpha value is -0.640. The molecule has 0 bridgehead atoms. The molecule has 1 aromatic heterocycles. The van der Waals surface area contributed by atoms with Crippen LogP contribution in [0.5, 0.6) is 0 Å². The predicted molar refractivity (Wildman–Crippen MR) is 63.2 cm³/mol. The first-order valence-corrected chi connectivity index (χ1v) is 6.48. The second kappa shape index (κ2) is 4.47. The van der Waals surface area contributed by atoms with Gasteiger partial charge in [-0.15, -0.1) is 0 Å². The van der Waals surface area contributed by atoms with E-state index in [0.29, 0.717) is 22.7 Å². The Balaban J connectivity index is 2.30. The molecular formula is C11H15BrN2O. The van der Waals surface area contributed by atoms with Crippen molar-refractivity contribution in [2.24, 2.45) is 5.92 Å². The third-order valence-corrected chi connectivity index (χ3v) is 3.85. The van der Waals surface area contributed by atoms with Gasteiger partial charge in [0.05, 0.1) is 0 Å². The number of aromatic amines is 1. The van der Waals surface area contributed by atoms with Crippen molar-refractivity contribution in [3.63, 3.8) is 0 Å². The predicted octanol–water partition coefficient (Wildman–Crippen LogP) is 2.57. The van der Waals surface area contributed by atoms with E-state index in [1.807, 2.05) is 0 Å². The molecule has 0 aromatic carbocycles. The summed E-state index contributed by atoms with van der Waals surface area (Å²) in [5, 5.41) is 0.565. The normalized spacial score (nSPS) is 25.7. The number of rotatable bonds is 2. The summed E-state index contributed by atoms with van der Waals surface area (Å²) in [6.07, 6.45) is 5.33. The van der Waals surface area contributed by atoms with Crippen molar-refractivity contribution in [2.75, 3.05) is 0 Å². The van der Waals surface area contributed by atoms with Crippen LogP contribution in [0.25, 0.3) is 0 Å². The molecule has 1 N–H and O–H groups in total. The quantitative estimate of drug-likeness (QED) is 0.840. The fourth-order valence-electron chi connectivity index (χ4n) is 2.27. The second-order valence-corrected chi connectivity index (χ2v) is 4.83. The van der Waals surface area contributed by atoms with Gasteiger partial charge in [0.1, 0.15) is 5.82 Å². The number of nitrogens with one attached hydrogen (secondary N) is 1. The molecule has 15 heavy (non-hydrogen) atoms. The molecule has 1 aliphatic carbocycles. The summed E-state index contributed by atoms with van der Waals surface area (Å²) in [4.78, 5) is 18.9. The highest BCUT2D eigenvalue weighted by Crippen LogP contribution is 2.37. The van der Waals surface area contributed by atoms with E-state index >= 15 is 0 Å². The molecule has 3 nitrogen and oxygen atoms in total. The molecule has 0 saturated heterocycles. The number of H-pyrrole nitrogens is 1. The van der Waals surface area contributed by atoms with Gasteiger partial charge in [0.25, 0.3) is 5.56 Å². The lowest BCUT2D eigenvalue weighted by Gasteiger charge is -2.13. The zero-order valence-electron chi connectivity index (χ0n) is 8.79. The Kier molecular flexibility index (Phi) is 3.24. The highest BCUT2D eigenvalue weighted by molar-refractivity contribution is 9.08. The Bertz CT molecular complexity index is 402. The minimum absolute atomic E-state index is 0.00373.